The van der Waals surface area contributed by atoms with Gasteiger partial charge in [0.15, 0.2) is 0 Å². The molecule has 0 spiro atoms. The smallest absolute Gasteiger partial charge is 0.224 e. The minimum absolute atomic E-state index is 0.00336. The van der Waals surface area contributed by atoms with E-state index >= 15 is 0 Å². The zero-order valence-electron chi connectivity index (χ0n) is 13.5. The van der Waals surface area contributed by atoms with Gasteiger partial charge in [-0.05, 0) is 48.9 Å². The van der Waals surface area contributed by atoms with Gasteiger partial charge in [-0.15, -0.1) is 11.3 Å². The first-order valence-corrected chi connectivity index (χ1v) is 8.69. The van der Waals surface area contributed by atoms with Gasteiger partial charge in [-0.25, -0.2) is 0 Å². The Hall–Kier alpha value is -2.14. The van der Waals surface area contributed by atoms with Gasteiger partial charge >= 0.3 is 0 Å². The number of aryl methyl sites for hydroxylation is 2. The topological polar surface area (TPSA) is 58.2 Å². The molecular formula is C18H22N2O2S. The van der Waals surface area contributed by atoms with Crippen LogP contribution in [0.5, 0.6) is 0 Å². The summed E-state index contributed by atoms with van der Waals surface area (Å²) < 4.78 is 0. The van der Waals surface area contributed by atoms with E-state index in [0.717, 1.165) is 24.1 Å². The summed E-state index contributed by atoms with van der Waals surface area (Å²) in [5.41, 5.74) is 2.43. The summed E-state index contributed by atoms with van der Waals surface area (Å²) in [7, 11) is 0. The Morgan fingerprint density at radius 1 is 1.13 bits per heavy atom. The summed E-state index contributed by atoms with van der Waals surface area (Å²) in [6.07, 6.45) is 2.68. The van der Waals surface area contributed by atoms with Crippen molar-refractivity contribution in [1.29, 1.82) is 0 Å². The minimum Gasteiger partial charge on any atom is -0.326 e. The highest BCUT2D eigenvalue weighted by Gasteiger charge is 2.07. The van der Waals surface area contributed by atoms with Crippen LogP contribution in [-0.4, -0.2) is 11.8 Å². The lowest BCUT2D eigenvalue weighted by molar-refractivity contribution is -0.116. The van der Waals surface area contributed by atoms with Crippen LogP contribution in [0.15, 0.2) is 35.7 Å². The molecule has 2 aromatic rings. The van der Waals surface area contributed by atoms with E-state index in [4.69, 9.17) is 0 Å². The second kappa shape index (κ2) is 8.48. The number of anilines is 2. The van der Waals surface area contributed by atoms with E-state index in [0.29, 0.717) is 18.5 Å². The molecule has 0 radical (unpaired) electrons. The molecular weight excluding hydrogens is 308 g/mol. The van der Waals surface area contributed by atoms with Gasteiger partial charge in [0.05, 0.1) is 0 Å². The molecule has 0 aliphatic heterocycles. The Labute approximate surface area is 140 Å². The average Bonchev–Trinajstić information content (AvgIpc) is 3.04. The van der Waals surface area contributed by atoms with E-state index in [-0.39, 0.29) is 11.8 Å². The summed E-state index contributed by atoms with van der Waals surface area (Å²) in [5.74, 6) is -0.0364. The Morgan fingerprint density at radius 3 is 2.65 bits per heavy atom. The third-order valence-corrected chi connectivity index (χ3v) is 4.46. The number of rotatable bonds is 7. The number of nitrogens with one attached hydrogen (secondary N) is 2. The van der Waals surface area contributed by atoms with Crippen LogP contribution in [0.3, 0.4) is 0 Å². The average molecular weight is 330 g/mol. The van der Waals surface area contributed by atoms with Crippen LogP contribution in [0.2, 0.25) is 0 Å². The maximum atomic E-state index is 12.1. The number of thiophene rings is 1. The van der Waals surface area contributed by atoms with Crippen molar-refractivity contribution in [3.8, 4) is 0 Å². The van der Waals surface area contributed by atoms with Crippen molar-refractivity contribution in [3.05, 3.63) is 46.2 Å². The van der Waals surface area contributed by atoms with Gasteiger partial charge in [-0.2, -0.15) is 0 Å². The second-order valence-electron chi connectivity index (χ2n) is 5.41. The molecule has 23 heavy (non-hydrogen) atoms. The van der Waals surface area contributed by atoms with Gasteiger partial charge in [0.1, 0.15) is 0 Å². The molecule has 1 aromatic heterocycles. The van der Waals surface area contributed by atoms with Gasteiger partial charge < -0.3 is 10.6 Å². The van der Waals surface area contributed by atoms with Crippen molar-refractivity contribution in [1.82, 2.24) is 0 Å². The molecule has 0 bridgehead atoms. The van der Waals surface area contributed by atoms with Crippen LogP contribution in [-0.2, 0) is 16.0 Å². The fourth-order valence-electron chi connectivity index (χ4n) is 2.17. The fraction of sp³-hybridized carbons (Fsp3) is 0.333. The normalized spacial score (nSPS) is 10.3. The first-order chi connectivity index (χ1) is 11.1. The molecule has 0 saturated carbocycles. The molecule has 2 rings (SSSR count). The Bertz CT molecular complexity index is 666. The second-order valence-corrected chi connectivity index (χ2v) is 6.44. The van der Waals surface area contributed by atoms with Crippen LogP contribution in [0, 0.1) is 6.92 Å². The number of hydrogen-bond donors (Lipinski definition) is 2. The zero-order valence-corrected chi connectivity index (χ0v) is 14.3. The highest BCUT2D eigenvalue weighted by Crippen LogP contribution is 2.21. The lowest BCUT2D eigenvalue weighted by atomic mass is 10.1. The van der Waals surface area contributed by atoms with Crippen LogP contribution in [0.4, 0.5) is 11.4 Å². The van der Waals surface area contributed by atoms with Crippen LogP contribution in [0.25, 0.3) is 0 Å². The largest absolute Gasteiger partial charge is 0.326 e. The predicted molar refractivity (Wildman–Crippen MR) is 96.0 cm³/mol. The van der Waals surface area contributed by atoms with Gasteiger partial charge in [0, 0.05) is 29.1 Å². The molecule has 0 unspecified atom stereocenters. The molecule has 0 saturated heterocycles. The lowest BCUT2D eigenvalue weighted by Crippen LogP contribution is -2.14. The molecule has 0 aliphatic rings. The van der Waals surface area contributed by atoms with Gasteiger partial charge in [0.25, 0.3) is 0 Å². The maximum Gasteiger partial charge on any atom is 0.224 e. The molecule has 1 aromatic carbocycles. The van der Waals surface area contributed by atoms with Crippen molar-refractivity contribution >= 4 is 34.5 Å². The maximum absolute atomic E-state index is 12.1. The molecule has 2 N–H and O–H groups in total. The minimum atomic E-state index is -0.0397. The van der Waals surface area contributed by atoms with Crippen molar-refractivity contribution in [2.45, 2.75) is 39.5 Å². The first kappa shape index (κ1) is 17.2. The Kier molecular flexibility index (Phi) is 6.35. The molecule has 1 heterocycles. The molecule has 4 nitrogen and oxygen atoms in total. The first-order valence-electron chi connectivity index (χ1n) is 7.81. The van der Waals surface area contributed by atoms with Crippen LogP contribution >= 0.6 is 11.3 Å². The fourth-order valence-corrected chi connectivity index (χ4v) is 2.93. The van der Waals surface area contributed by atoms with Gasteiger partial charge in [0.2, 0.25) is 11.8 Å². The number of benzene rings is 1. The number of amides is 2. The quantitative estimate of drug-likeness (QED) is 0.792. The van der Waals surface area contributed by atoms with E-state index in [9.17, 15) is 9.59 Å². The third-order valence-electron chi connectivity index (χ3n) is 3.52. The van der Waals surface area contributed by atoms with Crippen molar-refractivity contribution in [2.24, 2.45) is 0 Å². The molecule has 0 fully saturated rings. The molecule has 2 amide bonds. The van der Waals surface area contributed by atoms with Gasteiger partial charge in [-0.3, -0.25) is 9.59 Å². The number of carbonyl (C=O) groups excluding carboxylic acids is 2. The Balaban J connectivity index is 1.88. The van der Waals surface area contributed by atoms with E-state index in [2.05, 4.69) is 22.1 Å². The van der Waals surface area contributed by atoms with Crippen molar-refractivity contribution in [2.75, 3.05) is 10.6 Å². The molecule has 0 aliphatic carbocycles. The monoisotopic (exact) mass is 330 g/mol. The van der Waals surface area contributed by atoms with Crippen molar-refractivity contribution in [3.63, 3.8) is 0 Å². The van der Waals surface area contributed by atoms with Crippen LogP contribution < -0.4 is 10.6 Å². The molecule has 0 atom stereocenters. The Morgan fingerprint density at radius 2 is 1.96 bits per heavy atom. The van der Waals surface area contributed by atoms with E-state index < -0.39 is 0 Å². The van der Waals surface area contributed by atoms with E-state index in [1.165, 1.54) is 4.88 Å². The lowest BCUT2D eigenvalue weighted by Gasteiger charge is -2.11. The third kappa shape index (κ3) is 5.53. The van der Waals surface area contributed by atoms with Crippen LogP contribution in [0.1, 0.15) is 36.6 Å². The number of hydrogen-bond acceptors (Lipinski definition) is 3. The zero-order chi connectivity index (χ0) is 16.7. The van der Waals surface area contributed by atoms with E-state index in [1.807, 2.05) is 25.1 Å². The highest BCUT2D eigenvalue weighted by atomic mass is 32.1. The summed E-state index contributed by atoms with van der Waals surface area (Å²) in [6.45, 7) is 3.74. The SMILES string of the molecule is CCC(=O)Nc1ccc(C)c(NC(=O)CCCc2cccs2)c1. The highest BCUT2D eigenvalue weighted by molar-refractivity contribution is 7.09. The number of carbonyl (C=O) groups is 2. The summed E-state index contributed by atoms with van der Waals surface area (Å²) >= 11 is 1.72. The summed E-state index contributed by atoms with van der Waals surface area (Å²) in [5, 5.41) is 7.79. The van der Waals surface area contributed by atoms with E-state index in [1.54, 1.807) is 24.3 Å². The summed E-state index contributed by atoms with van der Waals surface area (Å²) in [4.78, 5) is 24.8. The molecule has 5 heteroatoms. The van der Waals surface area contributed by atoms with Crippen molar-refractivity contribution < 1.29 is 9.59 Å². The predicted octanol–water partition coefficient (Wildman–Crippen LogP) is 4.37. The molecule has 122 valence electrons. The summed E-state index contributed by atoms with van der Waals surface area (Å²) in [6, 6.07) is 9.66. The van der Waals surface area contributed by atoms with Gasteiger partial charge in [-0.1, -0.05) is 19.1 Å². The standard InChI is InChI=1S/C18H22N2O2S/c1-3-17(21)19-14-10-9-13(2)16(12-14)20-18(22)8-4-6-15-7-5-11-23-15/h5,7,9-12H,3-4,6,8H2,1-2H3,(H,19,21)(H,20,22).